The number of methoxy groups -OCH3 is 1. The third-order valence-electron chi connectivity index (χ3n) is 3.75. The van der Waals surface area contributed by atoms with Gasteiger partial charge < -0.3 is 10.1 Å². The van der Waals surface area contributed by atoms with E-state index in [9.17, 15) is 4.79 Å². The minimum atomic E-state index is -0.333. The summed E-state index contributed by atoms with van der Waals surface area (Å²) in [6, 6.07) is 13.0. The molecule has 1 N–H and O–H groups in total. The quantitative estimate of drug-likeness (QED) is 0.785. The molecule has 0 aliphatic carbocycles. The molecule has 0 fully saturated rings. The average Bonchev–Trinajstić information content (AvgIpc) is 2.55. The number of carbonyl (C=O) groups excluding carboxylic acids is 1. The van der Waals surface area contributed by atoms with Crippen LogP contribution in [0.3, 0.4) is 0 Å². The summed E-state index contributed by atoms with van der Waals surface area (Å²) in [6.45, 7) is 4.82. The zero-order chi connectivity index (χ0) is 17.0. The maximum Gasteiger partial charge on any atom is 0.337 e. The number of hydrogen-bond donors (Lipinski definition) is 1. The highest BCUT2D eigenvalue weighted by atomic mass is 35.5. The number of hydrogen-bond acceptors (Lipinski definition) is 3. The fourth-order valence-corrected chi connectivity index (χ4v) is 2.48. The molecule has 2 aromatic carbocycles. The van der Waals surface area contributed by atoms with Crippen LogP contribution in [0.15, 0.2) is 42.5 Å². The lowest BCUT2D eigenvalue weighted by molar-refractivity contribution is 0.0600. The van der Waals surface area contributed by atoms with E-state index < -0.39 is 0 Å². The summed E-state index contributed by atoms with van der Waals surface area (Å²) in [5.74, 6) is -0.333. The number of benzene rings is 2. The number of halogens is 2. The molecule has 0 aliphatic rings. The van der Waals surface area contributed by atoms with Crippen LogP contribution in [0.25, 0.3) is 0 Å². The Labute approximate surface area is 146 Å². The molecule has 5 heteroatoms. The number of ether oxygens (including phenoxy) is 1. The number of nitrogens with one attached hydrogen (secondary N) is 1. The SMILES string of the molecule is COC(=O)c1ccc(CNC(C)(C)c2ccc(Cl)c(Cl)c2)cc1. The van der Waals surface area contributed by atoms with Gasteiger partial charge in [-0.1, -0.05) is 41.4 Å². The van der Waals surface area contributed by atoms with Crippen LogP contribution in [-0.2, 0) is 16.8 Å². The first-order chi connectivity index (χ1) is 10.8. The van der Waals surface area contributed by atoms with Gasteiger partial charge >= 0.3 is 5.97 Å². The van der Waals surface area contributed by atoms with Crippen LogP contribution in [0, 0.1) is 0 Å². The summed E-state index contributed by atoms with van der Waals surface area (Å²) in [6.07, 6.45) is 0. The lowest BCUT2D eigenvalue weighted by Gasteiger charge is -2.27. The molecular weight excluding hydrogens is 333 g/mol. The van der Waals surface area contributed by atoms with E-state index in [0.717, 1.165) is 11.1 Å². The average molecular weight is 352 g/mol. The van der Waals surface area contributed by atoms with Gasteiger partial charge in [0, 0.05) is 12.1 Å². The van der Waals surface area contributed by atoms with E-state index in [-0.39, 0.29) is 11.5 Å². The van der Waals surface area contributed by atoms with E-state index in [1.54, 1.807) is 18.2 Å². The Hall–Kier alpha value is -1.55. The molecule has 0 atom stereocenters. The van der Waals surface area contributed by atoms with Gasteiger partial charge in [0.15, 0.2) is 0 Å². The Balaban J connectivity index is 2.06. The van der Waals surface area contributed by atoms with E-state index in [1.807, 2.05) is 24.3 Å². The third kappa shape index (κ3) is 4.47. The minimum absolute atomic E-state index is 0.269. The predicted molar refractivity (Wildman–Crippen MR) is 94.1 cm³/mol. The number of esters is 1. The van der Waals surface area contributed by atoms with Gasteiger partial charge in [-0.15, -0.1) is 0 Å². The van der Waals surface area contributed by atoms with Crippen molar-refractivity contribution >= 4 is 29.2 Å². The van der Waals surface area contributed by atoms with Gasteiger partial charge in [0.05, 0.1) is 22.7 Å². The van der Waals surface area contributed by atoms with Gasteiger partial charge in [0.1, 0.15) is 0 Å². The van der Waals surface area contributed by atoms with E-state index in [4.69, 9.17) is 27.9 Å². The van der Waals surface area contributed by atoms with Gasteiger partial charge in [-0.2, -0.15) is 0 Å². The summed E-state index contributed by atoms with van der Waals surface area (Å²) in [7, 11) is 1.37. The summed E-state index contributed by atoms with van der Waals surface area (Å²) in [4.78, 5) is 11.4. The normalized spacial score (nSPS) is 11.3. The Kier molecular flexibility index (Phi) is 5.69. The maximum absolute atomic E-state index is 11.4. The monoisotopic (exact) mass is 351 g/mol. The molecule has 0 aliphatic heterocycles. The zero-order valence-corrected chi connectivity index (χ0v) is 14.8. The van der Waals surface area contributed by atoms with Crippen molar-refractivity contribution in [2.24, 2.45) is 0 Å². The Morgan fingerprint density at radius 1 is 1.09 bits per heavy atom. The minimum Gasteiger partial charge on any atom is -0.465 e. The van der Waals surface area contributed by atoms with E-state index in [0.29, 0.717) is 22.2 Å². The molecule has 0 unspecified atom stereocenters. The Morgan fingerprint density at radius 3 is 2.30 bits per heavy atom. The first-order valence-electron chi connectivity index (χ1n) is 7.21. The predicted octanol–water partition coefficient (Wildman–Crippen LogP) is 4.80. The molecule has 0 saturated carbocycles. The summed E-state index contributed by atoms with van der Waals surface area (Å²) >= 11 is 12.1. The lowest BCUT2D eigenvalue weighted by Crippen LogP contribution is -2.35. The van der Waals surface area contributed by atoms with Gasteiger partial charge in [0.2, 0.25) is 0 Å². The van der Waals surface area contributed by atoms with Crippen LogP contribution in [-0.4, -0.2) is 13.1 Å². The van der Waals surface area contributed by atoms with Gasteiger partial charge in [0.25, 0.3) is 0 Å². The van der Waals surface area contributed by atoms with E-state index in [2.05, 4.69) is 19.2 Å². The molecule has 0 aromatic heterocycles. The summed E-state index contributed by atoms with van der Waals surface area (Å²) in [5, 5.41) is 4.57. The van der Waals surface area contributed by atoms with Crippen molar-refractivity contribution in [3.05, 3.63) is 69.2 Å². The molecule has 2 rings (SSSR count). The second-order valence-corrected chi connectivity index (χ2v) is 6.61. The highest BCUT2D eigenvalue weighted by molar-refractivity contribution is 6.42. The standard InChI is InChI=1S/C18H19Cl2NO2/c1-18(2,14-8-9-15(19)16(20)10-14)21-11-12-4-6-13(7-5-12)17(22)23-3/h4-10,21H,11H2,1-3H3. The summed E-state index contributed by atoms with van der Waals surface area (Å²) in [5.41, 5.74) is 2.40. The van der Waals surface area contributed by atoms with Crippen LogP contribution < -0.4 is 5.32 Å². The van der Waals surface area contributed by atoms with Gasteiger partial charge in [-0.25, -0.2) is 4.79 Å². The van der Waals surface area contributed by atoms with E-state index >= 15 is 0 Å². The van der Waals surface area contributed by atoms with Crippen molar-refractivity contribution in [3.8, 4) is 0 Å². The van der Waals surface area contributed by atoms with Crippen molar-refractivity contribution < 1.29 is 9.53 Å². The van der Waals surface area contributed by atoms with Crippen LogP contribution >= 0.6 is 23.2 Å². The molecule has 0 saturated heterocycles. The number of rotatable bonds is 5. The first-order valence-corrected chi connectivity index (χ1v) is 7.97. The van der Waals surface area contributed by atoms with Crippen molar-refractivity contribution in [1.82, 2.24) is 5.32 Å². The van der Waals surface area contributed by atoms with Gasteiger partial charge in [-0.3, -0.25) is 0 Å². The zero-order valence-electron chi connectivity index (χ0n) is 13.3. The molecule has 2 aromatic rings. The second kappa shape index (κ2) is 7.35. The smallest absolute Gasteiger partial charge is 0.337 e. The fraction of sp³-hybridized carbons (Fsp3) is 0.278. The van der Waals surface area contributed by atoms with Crippen LogP contribution in [0.2, 0.25) is 10.0 Å². The van der Waals surface area contributed by atoms with Crippen LogP contribution in [0.5, 0.6) is 0 Å². The lowest BCUT2D eigenvalue weighted by atomic mass is 9.94. The summed E-state index contributed by atoms with van der Waals surface area (Å²) < 4.78 is 4.69. The Morgan fingerprint density at radius 2 is 1.74 bits per heavy atom. The topological polar surface area (TPSA) is 38.3 Å². The first kappa shape index (κ1) is 17.8. The highest BCUT2D eigenvalue weighted by Crippen LogP contribution is 2.28. The van der Waals surface area contributed by atoms with Crippen molar-refractivity contribution in [3.63, 3.8) is 0 Å². The number of carbonyl (C=O) groups is 1. The van der Waals surface area contributed by atoms with E-state index in [1.165, 1.54) is 7.11 Å². The largest absolute Gasteiger partial charge is 0.465 e. The molecule has 122 valence electrons. The molecular formula is C18H19Cl2NO2. The molecule has 0 heterocycles. The van der Waals surface area contributed by atoms with Crippen LogP contribution in [0.1, 0.15) is 35.3 Å². The molecule has 0 amide bonds. The molecule has 0 bridgehead atoms. The van der Waals surface area contributed by atoms with Crippen molar-refractivity contribution in [2.45, 2.75) is 25.9 Å². The third-order valence-corrected chi connectivity index (χ3v) is 4.49. The molecule has 23 heavy (non-hydrogen) atoms. The molecule has 0 radical (unpaired) electrons. The second-order valence-electron chi connectivity index (χ2n) is 5.80. The Bertz CT molecular complexity index is 697. The molecule has 3 nitrogen and oxygen atoms in total. The van der Waals surface area contributed by atoms with Crippen LogP contribution in [0.4, 0.5) is 0 Å². The highest BCUT2D eigenvalue weighted by Gasteiger charge is 2.20. The maximum atomic E-state index is 11.4. The van der Waals surface area contributed by atoms with Crippen molar-refractivity contribution in [1.29, 1.82) is 0 Å². The fourth-order valence-electron chi connectivity index (χ4n) is 2.19. The van der Waals surface area contributed by atoms with Crippen molar-refractivity contribution in [2.75, 3.05) is 7.11 Å². The van der Waals surface area contributed by atoms with Gasteiger partial charge in [-0.05, 0) is 49.2 Å². The molecule has 0 spiro atoms.